The molecule has 0 spiro atoms. The Morgan fingerprint density at radius 2 is 1.71 bits per heavy atom. The van der Waals surface area contributed by atoms with E-state index in [9.17, 15) is 14.4 Å². The second-order valence-corrected chi connectivity index (χ2v) is 9.16. The number of carbonyl (C=O) groups is 2. The van der Waals surface area contributed by atoms with Crippen LogP contribution in [0.15, 0.2) is 59.5 Å². The lowest BCUT2D eigenvalue weighted by molar-refractivity contribution is -0.122. The third kappa shape index (κ3) is 4.18. The monoisotopic (exact) mass is 474 g/mol. The number of hydrogen-bond acceptors (Lipinski definition) is 3. The molecule has 1 fully saturated rings. The molecule has 35 heavy (non-hydrogen) atoms. The standard InChI is InChI=1S/C26H30N6O3/c1-16(19-15-28-20-8-4-3-7-18(19)20)23(24(33)27-2)30-25(34)31-13-11-17(12-14-31)32-22-10-6-5-9-21(22)29-26(32)35/h3-10,15-17,23,28H,11-14H2,1-2H3,(H,27,33)(H,29,35)(H,30,34)/t16-,23+/m0/s1. The van der Waals surface area contributed by atoms with Crippen molar-refractivity contribution in [2.45, 2.75) is 37.8 Å². The first kappa shape index (κ1) is 22.8. The van der Waals surface area contributed by atoms with Gasteiger partial charge in [0.15, 0.2) is 0 Å². The second kappa shape index (κ2) is 9.32. The highest BCUT2D eigenvalue weighted by molar-refractivity contribution is 5.90. The molecule has 4 N–H and O–H groups in total. The molecule has 1 aliphatic heterocycles. The predicted molar refractivity (Wildman–Crippen MR) is 136 cm³/mol. The van der Waals surface area contributed by atoms with Gasteiger partial charge in [-0.05, 0) is 36.6 Å². The summed E-state index contributed by atoms with van der Waals surface area (Å²) in [5.74, 6) is -0.478. The van der Waals surface area contributed by atoms with E-state index in [1.54, 1.807) is 16.5 Å². The van der Waals surface area contributed by atoms with E-state index in [-0.39, 0.29) is 29.6 Å². The number of carbonyl (C=O) groups excluding carboxylic acids is 2. The van der Waals surface area contributed by atoms with Crippen LogP contribution < -0.4 is 16.3 Å². The van der Waals surface area contributed by atoms with Gasteiger partial charge in [-0.3, -0.25) is 9.36 Å². The summed E-state index contributed by atoms with van der Waals surface area (Å²) in [5.41, 5.74) is 3.55. The SMILES string of the molecule is CNC(=O)[C@H](NC(=O)N1CCC(n2c(=O)[nH]c3ccccc32)CC1)[C@@H](C)c1c[nH]c2ccccc12. The van der Waals surface area contributed by atoms with Gasteiger partial charge in [-0.15, -0.1) is 0 Å². The lowest BCUT2D eigenvalue weighted by Gasteiger charge is -2.34. The highest BCUT2D eigenvalue weighted by Gasteiger charge is 2.32. The molecule has 0 radical (unpaired) electrons. The largest absolute Gasteiger partial charge is 0.361 e. The molecule has 4 aromatic rings. The first-order chi connectivity index (χ1) is 17.0. The second-order valence-electron chi connectivity index (χ2n) is 9.16. The van der Waals surface area contributed by atoms with E-state index in [0.29, 0.717) is 25.9 Å². The molecule has 182 valence electrons. The normalized spacial score (nSPS) is 16.3. The van der Waals surface area contributed by atoms with Crippen molar-refractivity contribution in [3.05, 3.63) is 70.8 Å². The van der Waals surface area contributed by atoms with Gasteiger partial charge in [0.05, 0.1) is 11.0 Å². The number of para-hydroxylation sites is 3. The van der Waals surface area contributed by atoms with Crippen LogP contribution >= 0.6 is 0 Å². The number of imidazole rings is 1. The Labute approximate surface area is 202 Å². The molecule has 2 aromatic carbocycles. The molecule has 9 heteroatoms. The molecule has 0 unspecified atom stereocenters. The van der Waals surface area contributed by atoms with Crippen molar-refractivity contribution < 1.29 is 9.59 Å². The Bertz CT molecular complexity index is 1430. The lowest BCUT2D eigenvalue weighted by atomic mass is 9.92. The number of aromatic amines is 2. The average molecular weight is 475 g/mol. The van der Waals surface area contributed by atoms with Crippen LogP contribution in [0.1, 0.15) is 37.3 Å². The van der Waals surface area contributed by atoms with Gasteiger partial charge < -0.3 is 25.5 Å². The minimum Gasteiger partial charge on any atom is -0.361 e. The van der Waals surface area contributed by atoms with Crippen LogP contribution in [0.5, 0.6) is 0 Å². The summed E-state index contributed by atoms with van der Waals surface area (Å²) in [4.78, 5) is 46.4. The van der Waals surface area contributed by atoms with Gasteiger partial charge in [-0.1, -0.05) is 37.3 Å². The number of rotatable bonds is 5. The molecule has 0 saturated carbocycles. The minimum atomic E-state index is -0.722. The lowest BCUT2D eigenvalue weighted by Crippen LogP contribution is -2.54. The zero-order valence-corrected chi connectivity index (χ0v) is 19.9. The molecule has 5 rings (SSSR count). The number of fused-ring (bicyclic) bond motifs is 2. The van der Waals surface area contributed by atoms with Crippen molar-refractivity contribution in [2.24, 2.45) is 0 Å². The molecule has 0 bridgehead atoms. The highest BCUT2D eigenvalue weighted by Crippen LogP contribution is 2.29. The fraction of sp³-hybridized carbons (Fsp3) is 0.346. The Morgan fingerprint density at radius 1 is 1.03 bits per heavy atom. The summed E-state index contributed by atoms with van der Waals surface area (Å²) in [6, 6.07) is 14.6. The third-order valence-electron chi connectivity index (χ3n) is 7.16. The average Bonchev–Trinajstić information content (AvgIpc) is 3.46. The van der Waals surface area contributed by atoms with Crippen LogP contribution in [0.3, 0.4) is 0 Å². The Kier molecular flexibility index (Phi) is 6.07. The summed E-state index contributed by atoms with van der Waals surface area (Å²) in [5, 5.41) is 6.69. The van der Waals surface area contributed by atoms with Crippen LogP contribution in [0.2, 0.25) is 0 Å². The van der Waals surface area contributed by atoms with E-state index in [1.165, 1.54) is 0 Å². The topological polar surface area (TPSA) is 115 Å². The van der Waals surface area contributed by atoms with E-state index in [1.807, 2.05) is 61.7 Å². The van der Waals surface area contributed by atoms with Crippen LogP contribution in [0, 0.1) is 0 Å². The fourth-order valence-electron chi connectivity index (χ4n) is 5.21. The summed E-state index contributed by atoms with van der Waals surface area (Å²) in [6.07, 6.45) is 3.23. The quantitative estimate of drug-likeness (QED) is 0.356. The third-order valence-corrected chi connectivity index (χ3v) is 7.16. The van der Waals surface area contributed by atoms with Crippen molar-refractivity contribution in [3.8, 4) is 0 Å². The van der Waals surface area contributed by atoms with E-state index in [0.717, 1.165) is 27.5 Å². The summed E-state index contributed by atoms with van der Waals surface area (Å²) >= 11 is 0. The molecule has 1 aliphatic rings. The highest BCUT2D eigenvalue weighted by atomic mass is 16.2. The summed E-state index contributed by atoms with van der Waals surface area (Å²) in [6.45, 7) is 2.96. The molecule has 9 nitrogen and oxygen atoms in total. The summed E-state index contributed by atoms with van der Waals surface area (Å²) < 4.78 is 1.80. The molecular formula is C26H30N6O3. The van der Waals surface area contributed by atoms with Crippen molar-refractivity contribution in [1.29, 1.82) is 0 Å². The smallest absolute Gasteiger partial charge is 0.326 e. The Hall–Kier alpha value is -4.01. The zero-order valence-electron chi connectivity index (χ0n) is 19.9. The molecule has 0 aliphatic carbocycles. The predicted octanol–water partition coefficient (Wildman–Crippen LogP) is 3.08. The van der Waals surface area contributed by atoms with E-state index < -0.39 is 6.04 Å². The number of hydrogen-bond donors (Lipinski definition) is 4. The van der Waals surface area contributed by atoms with Gasteiger partial charge in [0, 0.05) is 49.2 Å². The van der Waals surface area contributed by atoms with Gasteiger partial charge in [0.1, 0.15) is 6.04 Å². The number of piperidine rings is 1. The Balaban J connectivity index is 1.29. The van der Waals surface area contributed by atoms with E-state index in [4.69, 9.17) is 0 Å². The molecule has 2 aromatic heterocycles. The van der Waals surface area contributed by atoms with E-state index in [2.05, 4.69) is 20.6 Å². The number of nitrogens with zero attached hydrogens (tertiary/aromatic N) is 2. The maximum absolute atomic E-state index is 13.2. The van der Waals surface area contributed by atoms with Gasteiger partial charge in [-0.2, -0.15) is 0 Å². The van der Waals surface area contributed by atoms with Crippen molar-refractivity contribution >= 4 is 33.9 Å². The fourth-order valence-corrected chi connectivity index (χ4v) is 5.21. The number of likely N-dealkylation sites (tertiary alicyclic amines) is 1. The molecule has 1 saturated heterocycles. The van der Waals surface area contributed by atoms with Gasteiger partial charge in [0.25, 0.3) is 0 Å². The van der Waals surface area contributed by atoms with Crippen LogP contribution in [0.25, 0.3) is 21.9 Å². The number of aromatic nitrogens is 3. The molecule has 3 amide bonds. The van der Waals surface area contributed by atoms with Gasteiger partial charge in [-0.25, -0.2) is 9.59 Å². The first-order valence-corrected chi connectivity index (χ1v) is 12.0. The maximum atomic E-state index is 13.2. The Morgan fingerprint density at radius 3 is 2.46 bits per heavy atom. The van der Waals surface area contributed by atoms with Crippen molar-refractivity contribution in [2.75, 3.05) is 20.1 Å². The molecule has 3 heterocycles. The molecule has 2 atom stereocenters. The van der Waals surface area contributed by atoms with Gasteiger partial charge >= 0.3 is 11.7 Å². The van der Waals surface area contributed by atoms with Crippen molar-refractivity contribution in [1.82, 2.24) is 30.1 Å². The number of urea groups is 1. The number of benzene rings is 2. The zero-order chi connectivity index (χ0) is 24.5. The van der Waals surface area contributed by atoms with Crippen LogP contribution in [-0.4, -0.2) is 57.6 Å². The number of amides is 3. The maximum Gasteiger partial charge on any atom is 0.326 e. The number of nitrogens with one attached hydrogen (secondary N) is 4. The van der Waals surface area contributed by atoms with Crippen molar-refractivity contribution in [3.63, 3.8) is 0 Å². The van der Waals surface area contributed by atoms with Crippen LogP contribution in [0.4, 0.5) is 4.79 Å². The van der Waals surface area contributed by atoms with Crippen LogP contribution in [-0.2, 0) is 4.79 Å². The number of likely N-dealkylation sites (N-methyl/N-ethyl adjacent to an activating group) is 1. The van der Waals surface area contributed by atoms with E-state index >= 15 is 0 Å². The van der Waals surface area contributed by atoms with Gasteiger partial charge in [0.2, 0.25) is 5.91 Å². The number of H-pyrrole nitrogens is 2. The molecular weight excluding hydrogens is 444 g/mol. The minimum absolute atomic E-state index is 0.0163. The summed E-state index contributed by atoms with van der Waals surface area (Å²) in [7, 11) is 1.58. The first-order valence-electron chi connectivity index (χ1n) is 12.0.